The molecule has 194 valence electrons. The average molecular weight is 481 g/mol. The fourth-order valence-corrected chi connectivity index (χ4v) is 8.69. The molecule has 4 rings (SSSR count). The number of carbonyl (C=O) groups excluding carboxylic acids is 1. The van der Waals surface area contributed by atoms with Gasteiger partial charge in [0.1, 0.15) is 25.1 Å². The molecule has 0 saturated heterocycles. The second-order valence-corrected chi connectivity index (χ2v) is 12.4. The summed E-state index contributed by atoms with van der Waals surface area (Å²) in [6.07, 6.45) is 3.90. The van der Waals surface area contributed by atoms with Gasteiger partial charge in [-0.15, -0.1) is 0 Å². The number of rotatable bonds is 5. The van der Waals surface area contributed by atoms with Crippen LogP contribution in [0.15, 0.2) is 12.2 Å². The van der Waals surface area contributed by atoms with Gasteiger partial charge in [-0.3, -0.25) is 4.79 Å². The Balaban J connectivity index is 1.57. The molecule has 0 aromatic heterocycles. The zero-order valence-corrected chi connectivity index (χ0v) is 21.0. The highest BCUT2D eigenvalue weighted by Crippen LogP contribution is 2.68. The van der Waals surface area contributed by atoms with Crippen LogP contribution in [0, 0.1) is 34.0 Å². The summed E-state index contributed by atoms with van der Waals surface area (Å²) in [7, 11) is 0. The number of aliphatic hydroxyl groups excluding tert-OH is 4. The fourth-order valence-electron chi connectivity index (χ4n) is 8.69. The van der Waals surface area contributed by atoms with Crippen LogP contribution >= 0.6 is 0 Å². The van der Waals surface area contributed by atoms with Crippen molar-refractivity contribution in [2.24, 2.45) is 34.0 Å². The molecule has 0 spiro atoms. The predicted molar refractivity (Wildman–Crippen MR) is 126 cm³/mol. The number of carbonyl (C=O) groups is 1. The number of aliphatic hydroxyl groups is 4. The van der Waals surface area contributed by atoms with Gasteiger partial charge in [-0.25, -0.2) is 0 Å². The molecule has 0 aliphatic heterocycles. The minimum Gasteiger partial charge on any atom is -0.459 e. The molecule has 4 aliphatic carbocycles. The Bertz CT molecular complexity index is 785. The monoisotopic (exact) mass is 480 g/mol. The smallest absolute Gasteiger partial charge is 0.312 e. The molecule has 4 fully saturated rings. The molecular weight excluding hydrogens is 436 g/mol. The highest BCUT2D eigenvalue weighted by molar-refractivity contribution is 5.77. The zero-order chi connectivity index (χ0) is 24.9. The Kier molecular flexibility index (Phi) is 7.27. The van der Waals surface area contributed by atoms with Crippen molar-refractivity contribution >= 4 is 5.97 Å². The van der Waals surface area contributed by atoms with Crippen LogP contribution in [-0.4, -0.2) is 64.2 Å². The van der Waals surface area contributed by atoms with Crippen molar-refractivity contribution in [2.75, 3.05) is 13.4 Å². The van der Waals surface area contributed by atoms with Crippen molar-refractivity contribution in [3.05, 3.63) is 12.2 Å². The van der Waals surface area contributed by atoms with Gasteiger partial charge in [0.25, 0.3) is 0 Å². The first-order valence-electron chi connectivity index (χ1n) is 13.1. The number of ether oxygens (including phenoxy) is 2. The van der Waals surface area contributed by atoms with Gasteiger partial charge in [-0.1, -0.05) is 32.4 Å². The van der Waals surface area contributed by atoms with Gasteiger partial charge in [0.15, 0.2) is 0 Å². The van der Waals surface area contributed by atoms with Crippen molar-refractivity contribution in [2.45, 2.75) is 103 Å². The molecule has 0 bridgehead atoms. The van der Waals surface area contributed by atoms with Crippen LogP contribution in [0.1, 0.15) is 78.6 Å². The second-order valence-electron chi connectivity index (χ2n) is 12.4. The van der Waals surface area contributed by atoms with Crippen molar-refractivity contribution in [3.63, 3.8) is 0 Å². The highest BCUT2D eigenvalue weighted by atomic mass is 16.6. The Morgan fingerprint density at radius 2 is 1.79 bits per heavy atom. The van der Waals surface area contributed by atoms with Gasteiger partial charge in [0.05, 0.1) is 11.5 Å². The van der Waals surface area contributed by atoms with Gasteiger partial charge in [-0.05, 0) is 81.0 Å². The van der Waals surface area contributed by atoms with E-state index in [4.69, 9.17) is 9.47 Å². The van der Waals surface area contributed by atoms with Crippen molar-refractivity contribution in [1.82, 2.24) is 0 Å². The average Bonchev–Trinajstić information content (AvgIpc) is 2.77. The van der Waals surface area contributed by atoms with E-state index in [1.54, 1.807) is 0 Å². The maximum Gasteiger partial charge on any atom is 0.312 e. The lowest BCUT2D eigenvalue weighted by molar-refractivity contribution is -0.227. The second kappa shape index (κ2) is 9.47. The van der Waals surface area contributed by atoms with Crippen LogP contribution in [0.3, 0.4) is 0 Å². The van der Waals surface area contributed by atoms with Gasteiger partial charge in [0.2, 0.25) is 0 Å². The van der Waals surface area contributed by atoms with Crippen LogP contribution in [0.25, 0.3) is 0 Å². The third kappa shape index (κ3) is 4.15. The van der Waals surface area contributed by atoms with Crippen LogP contribution in [0.2, 0.25) is 0 Å². The SMILES string of the molecule is C=C1CC[C@@H]2[C@](C)(CCC3[C@](C)(C(=O)OC4CC(CO)C(O)C(O)C4OCO)CCC[C@]32C)C1. The van der Waals surface area contributed by atoms with E-state index >= 15 is 0 Å². The van der Waals surface area contributed by atoms with E-state index in [1.807, 2.05) is 6.92 Å². The Labute approximate surface area is 203 Å². The van der Waals surface area contributed by atoms with E-state index in [9.17, 15) is 25.2 Å². The van der Waals surface area contributed by atoms with Gasteiger partial charge in [0, 0.05) is 12.5 Å². The van der Waals surface area contributed by atoms with E-state index in [2.05, 4.69) is 20.4 Å². The van der Waals surface area contributed by atoms with E-state index in [1.165, 1.54) is 5.57 Å². The predicted octanol–water partition coefficient (Wildman–Crippen LogP) is 2.94. The summed E-state index contributed by atoms with van der Waals surface area (Å²) in [4.78, 5) is 13.8. The summed E-state index contributed by atoms with van der Waals surface area (Å²) in [5.41, 5.74) is 0.991. The van der Waals surface area contributed by atoms with E-state index in [-0.39, 0.29) is 35.7 Å². The first-order valence-corrected chi connectivity index (χ1v) is 13.1. The van der Waals surface area contributed by atoms with Crippen molar-refractivity contribution < 1.29 is 34.7 Å². The molecule has 10 atom stereocenters. The first kappa shape index (κ1) is 26.1. The first-order chi connectivity index (χ1) is 16.0. The molecule has 7 heteroatoms. The molecule has 4 N–H and O–H groups in total. The molecule has 0 amide bonds. The van der Waals surface area contributed by atoms with Gasteiger partial charge >= 0.3 is 5.97 Å². The van der Waals surface area contributed by atoms with E-state index in [0.29, 0.717) is 5.92 Å². The third-order valence-corrected chi connectivity index (χ3v) is 10.4. The van der Waals surface area contributed by atoms with Crippen molar-refractivity contribution in [3.8, 4) is 0 Å². The lowest BCUT2D eigenvalue weighted by atomic mass is 9.40. The minimum absolute atomic E-state index is 0.0522. The molecule has 6 unspecified atom stereocenters. The molecule has 7 nitrogen and oxygen atoms in total. The van der Waals surface area contributed by atoms with Crippen molar-refractivity contribution in [1.29, 1.82) is 0 Å². The van der Waals surface area contributed by atoms with Crippen LogP contribution in [-0.2, 0) is 14.3 Å². The molecule has 0 radical (unpaired) electrons. The number of hydrogen-bond donors (Lipinski definition) is 4. The van der Waals surface area contributed by atoms with Crippen LogP contribution < -0.4 is 0 Å². The summed E-state index contributed by atoms with van der Waals surface area (Å²) in [5, 5.41) is 39.9. The van der Waals surface area contributed by atoms with Gasteiger partial charge < -0.3 is 29.9 Å². The van der Waals surface area contributed by atoms with E-state index < -0.39 is 42.5 Å². The zero-order valence-electron chi connectivity index (χ0n) is 21.0. The molecule has 0 aromatic rings. The summed E-state index contributed by atoms with van der Waals surface area (Å²) >= 11 is 0. The Morgan fingerprint density at radius 3 is 2.47 bits per heavy atom. The molecule has 4 saturated carbocycles. The number of hydrogen-bond acceptors (Lipinski definition) is 7. The standard InChI is InChI=1S/C27H44O7/c1-16-6-7-19-25(2,13-16)11-8-20-26(19,3)9-5-10-27(20,4)24(32)34-18-12-17(14-28)21(30)22(31)23(18)33-15-29/h17-23,28-31H,1,5-15H2,2-4H3/t17?,18?,19-,20?,21?,22?,23?,25-,26+,27-/m1/s1. The summed E-state index contributed by atoms with van der Waals surface area (Å²) in [6.45, 7) is 10.1. The normalized spacial score (nSPS) is 49.1. The lowest BCUT2D eigenvalue weighted by Gasteiger charge is -2.64. The van der Waals surface area contributed by atoms with Gasteiger partial charge in [-0.2, -0.15) is 0 Å². The molecular formula is C27H44O7. The Morgan fingerprint density at radius 1 is 1.06 bits per heavy atom. The number of esters is 1. The topological polar surface area (TPSA) is 116 Å². The van der Waals surface area contributed by atoms with Crippen LogP contribution in [0.4, 0.5) is 0 Å². The largest absolute Gasteiger partial charge is 0.459 e. The maximum atomic E-state index is 13.8. The van der Waals surface area contributed by atoms with E-state index in [0.717, 1.165) is 51.4 Å². The molecule has 0 heterocycles. The quantitative estimate of drug-likeness (QED) is 0.272. The third-order valence-electron chi connectivity index (χ3n) is 10.4. The number of fused-ring (bicyclic) bond motifs is 3. The highest BCUT2D eigenvalue weighted by Gasteiger charge is 2.62. The summed E-state index contributed by atoms with van der Waals surface area (Å²) in [6, 6.07) is 0. The minimum atomic E-state index is -1.36. The molecule has 34 heavy (non-hydrogen) atoms. The fraction of sp³-hybridized carbons (Fsp3) is 0.889. The lowest BCUT2D eigenvalue weighted by Crippen LogP contribution is -2.60. The number of allylic oxidation sites excluding steroid dienone is 1. The molecule has 0 aromatic carbocycles. The maximum absolute atomic E-state index is 13.8. The Hall–Kier alpha value is -0.990. The summed E-state index contributed by atoms with van der Waals surface area (Å²) in [5.74, 6) is -0.159. The molecule has 4 aliphatic rings. The summed E-state index contributed by atoms with van der Waals surface area (Å²) < 4.78 is 11.3. The van der Waals surface area contributed by atoms with Crippen LogP contribution in [0.5, 0.6) is 0 Å².